The SMILES string of the molecule is Cc1cc(C)cc(C2CCCN2Cc2ccc(Oc3ccc4c(=O)[nH]oc4c3Cl)cc2)c1. The molecule has 1 aliphatic rings. The number of halogens is 1. The highest BCUT2D eigenvalue weighted by Gasteiger charge is 2.26. The summed E-state index contributed by atoms with van der Waals surface area (Å²) in [6.07, 6.45) is 2.41. The summed E-state index contributed by atoms with van der Waals surface area (Å²) >= 11 is 6.36. The van der Waals surface area contributed by atoms with Crippen molar-refractivity contribution in [2.24, 2.45) is 0 Å². The largest absolute Gasteiger partial charge is 0.456 e. The highest BCUT2D eigenvalue weighted by Crippen LogP contribution is 2.36. The molecule has 0 aliphatic carbocycles. The Balaban J connectivity index is 1.30. The second-order valence-electron chi connectivity index (χ2n) is 8.58. The number of likely N-dealkylation sites (tertiary alicyclic amines) is 1. The van der Waals surface area contributed by atoms with E-state index in [1.807, 2.05) is 12.1 Å². The molecule has 1 saturated heterocycles. The lowest BCUT2D eigenvalue weighted by Gasteiger charge is -2.25. The van der Waals surface area contributed by atoms with Crippen LogP contribution in [-0.4, -0.2) is 16.6 Å². The van der Waals surface area contributed by atoms with E-state index < -0.39 is 0 Å². The van der Waals surface area contributed by atoms with Gasteiger partial charge in [-0.05, 0) is 68.6 Å². The third kappa shape index (κ3) is 4.06. The molecule has 1 aliphatic heterocycles. The van der Waals surface area contributed by atoms with E-state index in [-0.39, 0.29) is 10.6 Å². The molecule has 5 nitrogen and oxygen atoms in total. The standard InChI is InChI=1S/C26H25ClN2O3/c1-16-12-17(2)14-19(13-16)22-4-3-11-29(22)15-18-5-7-20(8-6-18)31-23-10-9-21-25(24(23)27)32-28-26(21)30/h5-10,12-14,22H,3-4,11,15H2,1-2H3,(H,28,30). The number of nitrogens with one attached hydrogen (secondary N) is 1. The first-order valence-corrected chi connectivity index (χ1v) is 11.2. The first-order chi connectivity index (χ1) is 15.5. The summed E-state index contributed by atoms with van der Waals surface area (Å²) in [5, 5.41) is 2.98. The predicted molar refractivity (Wildman–Crippen MR) is 127 cm³/mol. The summed E-state index contributed by atoms with van der Waals surface area (Å²) in [7, 11) is 0. The van der Waals surface area contributed by atoms with Crippen LogP contribution in [0.1, 0.15) is 41.1 Å². The molecule has 1 atom stereocenters. The molecule has 1 fully saturated rings. The van der Waals surface area contributed by atoms with Gasteiger partial charge < -0.3 is 9.26 Å². The monoisotopic (exact) mass is 448 g/mol. The van der Waals surface area contributed by atoms with Gasteiger partial charge in [-0.3, -0.25) is 9.69 Å². The van der Waals surface area contributed by atoms with Crippen molar-refractivity contribution in [1.29, 1.82) is 0 Å². The molecule has 4 aromatic rings. The van der Waals surface area contributed by atoms with Gasteiger partial charge in [0.25, 0.3) is 5.56 Å². The number of aromatic nitrogens is 1. The van der Waals surface area contributed by atoms with Gasteiger partial charge in [-0.25, -0.2) is 0 Å². The van der Waals surface area contributed by atoms with Crippen LogP contribution in [-0.2, 0) is 6.54 Å². The van der Waals surface area contributed by atoms with E-state index >= 15 is 0 Å². The molecule has 0 amide bonds. The van der Waals surface area contributed by atoms with Gasteiger partial charge in [0.2, 0.25) is 0 Å². The number of fused-ring (bicyclic) bond motifs is 1. The van der Waals surface area contributed by atoms with Crippen molar-refractivity contribution in [3.8, 4) is 11.5 Å². The number of nitrogens with zero attached hydrogens (tertiary/aromatic N) is 1. The predicted octanol–water partition coefficient (Wildman–Crippen LogP) is 6.52. The van der Waals surface area contributed by atoms with Crippen LogP contribution < -0.4 is 10.3 Å². The number of aromatic amines is 1. The van der Waals surface area contributed by atoms with Gasteiger partial charge >= 0.3 is 0 Å². The topological polar surface area (TPSA) is 58.5 Å². The molecule has 2 heterocycles. The summed E-state index contributed by atoms with van der Waals surface area (Å²) in [4.78, 5) is 14.2. The van der Waals surface area contributed by atoms with Crippen molar-refractivity contribution in [3.63, 3.8) is 0 Å². The van der Waals surface area contributed by atoms with Crippen LogP contribution in [0.2, 0.25) is 5.02 Å². The molecule has 0 saturated carbocycles. The van der Waals surface area contributed by atoms with Gasteiger partial charge in [-0.2, -0.15) is 5.16 Å². The third-order valence-electron chi connectivity index (χ3n) is 6.08. The van der Waals surface area contributed by atoms with Crippen LogP contribution in [0.25, 0.3) is 11.0 Å². The number of H-pyrrole nitrogens is 1. The number of aryl methyl sites for hydroxylation is 2. The molecule has 5 rings (SSSR count). The lowest BCUT2D eigenvalue weighted by Crippen LogP contribution is -2.22. The molecule has 6 heteroatoms. The first kappa shape index (κ1) is 20.9. The highest BCUT2D eigenvalue weighted by molar-refractivity contribution is 6.36. The van der Waals surface area contributed by atoms with Crippen molar-refractivity contribution in [2.45, 2.75) is 39.3 Å². The van der Waals surface area contributed by atoms with Crippen LogP contribution in [0.15, 0.2) is 63.9 Å². The molecular formula is C26H25ClN2O3. The Morgan fingerprint density at radius 3 is 2.59 bits per heavy atom. The van der Waals surface area contributed by atoms with Crippen molar-refractivity contribution in [3.05, 3.63) is 92.2 Å². The zero-order valence-electron chi connectivity index (χ0n) is 18.2. The van der Waals surface area contributed by atoms with Crippen molar-refractivity contribution >= 4 is 22.6 Å². The number of hydrogen-bond donors (Lipinski definition) is 1. The summed E-state index contributed by atoms with van der Waals surface area (Å²) in [5.74, 6) is 1.13. The van der Waals surface area contributed by atoms with Gasteiger partial charge in [0.05, 0.1) is 5.39 Å². The van der Waals surface area contributed by atoms with Gasteiger partial charge in [0, 0.05) is 12.6 Å². The normalized spacial score (nSPS) is 16.7. The van der Waals surface area contributed by atoms with E-state index in [2.05, 4.69) is 54.2 Å². The van der Waals surface area contributed by atoms with Crippen LogP contribution in [0.3, 0.4) is 0 Å². The maximum atomic E-state index is 11.7. The molecule has 1 unspecified atom stereocenters. The quantitative estimate of drug-likeness (QED) is 0.377. The van der Waals surface area contributed by atoms with E-state index in [1.165, 1.54) is 35.1 Å². The van der Waals surface area contributed by atoms with Crippen LogP contribution in [0, 0.1) is 13.8 Å². The Morgan fingerprint density at radius 1 is 1.09 bits per heavy atom. The maximum absolute atomic E-state index is 11.7. The minimum Gasteiger partial charge on any atom is -0.456 e. The minimum absolute atomic E-state index is 0.276. The smallest absolute Gasteiger partial charge is 0.287 e. The van der Waals surface area contributed by atoms with Gasteiger partial charge in [0.15, 0.2) is 5.58 Å². The number of hydrogen-bond acceptors (Lipinski definition) is 4. The number of ether oxygens (including phenoxy) is 1. The van der Waals surface area contributed by atoms with E-state index in [9.17, 15) is 4.79 Å². The zero-order chi connectivity index (χ0) is 22.2. The molecule has 1 aromatic heterocycles. The van der Waals surface area contributed by atoms with Crippen molar-refractivity contribution in [2.75, 3.05) is 6.54 Å². The third-order valence-corrected chi connectivity index (χ3v) is 6.44. The van der Waals surface area contributed by atoms with E-state index in [0.717, 1.165) is 13.1 Å². The van der Waals surface area contributed by atoms with Crippen molar-refractivity contribution in [1.82, 2.24) is 10.1 Å². The fraction of sp³-hybridized carbons (Fsp3) is 0.269. The summed E-state index contributed by atoms with van der Waals surface area (Å²) in [5.41, 5.74) is 5.30. The molecule has 1 N–H and O–H groups in total. The average molecular weight is 449 g/mol. The Kier molecular flexibility index (Phi) is 5.53. The van der Waals surface area contributed by atoms with Crippen LogP contribution in [0.5, 0.6) is 11.5 Å². The molecule has 164 valence electrons. The Hall–Kier alpha value is -3.02. The number of benzene rings is 3. The van der Waals surface area contributed by atoms with Gasteiger partial charge in [0.1, 0.15) is 16.5 Å². The van der Waals surface area contributed by atoms with Gasteiger partial charge in [-0.1, -0.05) is 53.1 Å². The zero-order valence-corrected chi connectivity index (χ0v) is 18.9. The molecule has 0 bridgehead atoms. The molecule has 32 heavy (non-hydrogen) atoms. The van der Waals surface area contributed by atoms with Crippen LogP contribution in [0.4, 0.5) is 0 Å². The second-order valence-corrected chi connectivity index (χ2v) is 8.96. The maximum Gasteiger partial charge on any atom is 0.287 e. The first-order valence-electron chi connectivity index (χ1n) is 10.9. The lowest BCUT2D eigenvalue weighted by atomic mass is 9.99. The lowest BCUT2D eigenvalue weighted by molar-refractivity contribution is 0.248. The number of rotatable bonds is 5. The fourth-order valence-electron chi connectivity index (χ4n) is 4.67. The molecular weight excluding hydrogens is 424 g/mol. The summed E-state index contributed by atoms with van der Waals surface area (Å²) in [6, 6.07) is 18.7. The Bertz CT molecular complexity index is 1300. The highest BCUT2D eigenvalue weighted by atomic mass is 35.5. The fourth-order valence-corrected chi connectivity index (χ4v) is 4.91. The van der Waals surface area contributed by atoms with E-state index in [0.29, 0.717) is 28.5 Å². The molecule has 0 spiro atoms. The summed E-state index contributed by atoms with van der Waals surface area (Å²) in [6.45, 7) is 6.34. The van der Waals surface area contributed by atoms with E-state index in [4.69, 9.17) is 20.9 Å². The second kappa shape index (κ2) is 8.49. The van der Waals surface area contributed by atoms with E-state index in [1.54, 1.807) is 12.1 Å². The Labute approximate surface area is 191 Å². The Morgan fingerprint density at radius 2 is 1.84 bits per heavy atom. The molecule has 3 aromatic carbocycles. The van der Waals surface area contributed by atoms with Crippen molar-refractivity contribution < 1.29 is 9.26 Å². The summed E-state index contributed by atoms with van der Waals surface area (Å²) < 4.78 is 11.1. The average Bonchev–Trinajstić information content (AvgIpc) is 3.38. The molecule has 0 radical (unpaired) electrons. The minimum atomic E-state index is -0.307. The van der Waals surface area contributed by atoms with Crippen LogP contribution >= 0.6 is 11.6 Å². The van der Waals surface area contributed by atoms with Gasteiger partial charge in [-0.15, -0.1) is 0 Å².